The van der Waals surface area contributed by atoms with Crippen LogP contribution >= 0.6 is 18.1 Å². The second kappa shape index (κ2) is 12.5. The molecule has 168 valence electrons. The molecule has 2 rings (SSSR count). The van der Waals surface area contributed by atoms with Gasteiger partial charge in [0.15, 0.2) is 0 Å². The van der Waals surface area contributed by atoms with Crippen LogP contribution in [0.5, 0.6) is 5.75 Å². The molecule has 10 heteroatoms. The summed E-state index contributed by atoms with van der Waals surface area (Å²) in [5.74, 6) is -0.797. The van der Waals surface area contributed by atoms with Crippen LogP contribution in [0.1, 0.15) is 25.3 Å². The Bertz CT molecular complexity index is 884. The van der Waals surface area contributed by atoms with E-state index in [9.17, 15) is 14.2 Å². The standard InChI is InChI=1S/C21H26ClN2O6P/c1-16(24-31(22,27)30-19-10-6-3-7-11-19)21(26)28-13-12-18(23)14-20(25)29-15-17-8-4-2-5-9-17/h2-11,16,18H,12-15,23H2,1H3,(H,24,27)/t16-,18?,31?/m0/s1. The molecule has 0 bridgehead atoms. The van der Waals surface area contributed by atoms with E-state index in [1.165, 1.54) is 6.92 Å². The number of rotatable bonds is 12. The highest BCUT2D eigenvalue weighted by Crippen LogP contribution is 2.48. The van der Waals surface area contributed by atoms with E-state index in [-0.39, 0.29) is 26.1 Å². The molecule has 2 aromatic carbocycles. The first-order valence-electron chi connectivity index (χ1n) is 9.69. The predicted octanol–water partition coefficient (Wildman–Crippen LogP) is 3.78. The molecule has 2 unspecified atom stereocenters. The fourth-order valence-electron chi connectivity index (χ4n) is 2.48. The van der Waals surface area contributed by atoms with Gasteiger partial charge >= 0.3 is 18.8 Å². The maximum absolute atomic E-state index is 12.3. The van der Waals surface area contributed by atoms with Gasteiger partial charge in [-0.2, -0.15) is 0 Å². The minimum Gasteiger partial charge on any atom is -0.464 e. The first-order chi connectivity index (χ1) is 14.7. The third-order valence-corrected chi connectivity index (χ3v) is 5.71. The van der Waals surface area contributed by atoms with Crippen molar-refractivity contribution in [2.75, 3.05) is 6.61 Å². The molecule has 0 aliphatic heterocycles. The van der Waals surface area contributed by atoms with Crippen molar-refractivity contribution in [2.24, 2.45) is 5.73 Å². The van der Waals surface area contributed by atoms with Crippen LogP contribution in [0.3, 0.4) is 0 Å². The van der Waals surface area contributed by atoms with Gasteiger partial charge in [0.25, 0.3) is 0 Å². The molecule has 0 spiro atoms. The summed E-state index contributed by atoms with van der Waals surface area (Å²) >= 11 is 5.87. The van der Waals surface area contributed by atoms with E-state index in [0.29, 0.717) is 5.75 Å². The Kier molecular flexibility index (Phi) is 10.0. The highest BCUT2D eigenvalue weighted by molar-refractivity contribution is 7.84. The number of nitrogens with one attached hydrogen (secondary N) is 1. The number of para-hydroxylation sites is 1. The average Bonchev–Trinajstić information content (AvgIpc) is 2.73. The normalized spacial score (nSPS) is 14.7. The second-order valence-corrected chi connectivity index (χ2v) is 9.54. The molecular weight excluding hydrogens is 443 g/mol. The number of carbonyl (C=O) groups is 2. The van der Waals surface area contributed by atoms with E-state index >= 15 is 0 Å². The van der Waals surface area contributed by atoms with Crippen molar-refractivity contribution in [3.05, 3.63) is 66.2 Å². The lowest BCUT2D eigenvalue weighted by atomic mass is 10.1. The molecule has 2 aromatic rings. The van der Waals surface area contributed by atoms with Crippen molar-refractivity contribution in [3.8, 4) is 5.75 Å². The Labute approximate surface area is 186 Å². The fraction of sp³-hybridized carbons (Fsp3) is 0.333. The smallest absolute Gasteiger partial charge is 0.409 e. The van der Waals surface area contributed by atoms with E-state index in [2.05, 4.69) is 5.09 Å². The van der Waals surface area contributed by atoms with Crippen LogP contribution in [0.25, 0.3) is 0 Å². The van der Waals surface area contributed by atoms with Gasteiger partial charge in [0.2, 0.25) is 0 Å². The quantitative estimate of drug-likeness (QED) is 0.357. The zero-order chi connectivity index (χ0) is 22.7. The Morgan fingerprint density at radius 2 is 1.68 bits per heavy atom. The van der Waals surface area contributed by atoms with Crippen LogP contribution < -0.4 is 15.3 Å². The summed E-state index contributed by atoms with van der Waals surface area (Å²) in [4.78, 5) is 23.9. The highest BCUT2D eigenvalue weighted by atomic mass is 35.7. The summed E-state index contributed by atoms with van der Waals surface area (Å²) in [5, 5.41) is 2.43. The summed E-state index contributed by atoms with van der Waals surface area (Å²) in [7, 11) is 0. The zero-order valence-electron chi connectivity index (χ0n) is 17.1. The molecule has 0 aliphatic carbocycles. The first-order valence-corrected chi connectivity index (χ1v) is 12.2. The number of halogens is 1. The van der Waals surface area contributed by atoms with E-state index < -0.39 is 30.9 Å². The van der Waals surface area contributed by atoms with Crippen LogP contribution in [0.2, 0.25) is 0 Å². The molecule has 0 radical (unpaired) electrons. The van der Waals surface area contributed by atoms with Gasteiger partial charge in [0.1, 0.15) is 18.4 Å². The Morgan fingerprint density at radius 3 is 2.32 bits per heavy atom. The van der Waals surface area contributed by atoms with Crippen LogP contribution in [0, 0.1) is 0 Å². The van der Waals surface area contributed by atoms with Gasteiger partial charge in [0, 0.05) is 17.3 Å². The minimum atomic E-state index is -3.79. The third-order valence-electron chi connectivity index (χ3n) is 4.07. The second-order valence-electron chi connectivity index (χ2n) is 6.80. The van der Waals surface area contributed by atoms with Crippen molar-refractivity contribution < 1.29 is 28.2 Å². The predicted molar refractivity (Wildman–Crippen MR) is 118 cm³/mol. The van der Waals surface area contributed by atoms with Crippen molar-refractivity contribution in [2.45, 2.75) is 38.5 Å². The molecule has 0 heterocycles. The maximum Gasteiger partial charge on any atom is 0.409 e. The topological polar surface area (TPSA) is 117 Å². The highest BCUT2D eigenvalue weighted by Gasteiger charge is 2.28. The van der Waals surface area contributed by atoms with Crippen molar-refractivity contribution in [1.29, 1.82) is 0 Å². The van der Waals surface area contributed by atoms with E-state index in [1.54, 1.807) is 30.3 Å². The van der Waals surface area contributed by atoms with Crippen molar-refractivity contribution in [1.82, 2.24) is 5.09 Å². The number of hydrogen-bond acceptors (Lipinski definition) is 7. The summed E-state index contributed by atoms with van der Waals surface area (Å²) < 4.78 is 27.8. The van der Waals surface area contributed by atoms with E-state index in [1.807, 2.05) is 30.3 Å². The average molecular weight is 469 g/mol. The molecule has 3 N–H and O–H groups in total. The Balaban J connectivity index is 1.65. The Hall–Kier alpha value is -2.38. The lowest BCUT2D eigenvalue weighted by Crippen LogP contribution is -2.34. The van der Waals surface area contributed by atoms with Gasteiger partial charge in [-0.1, -0.05) is 48.5 Å². The molecule has 0 saturated carbocycles. The van der Waals surface area contributed by atoms with E-state index in [0.717, 1.165) is 5.56 Å². The van der Waals surface area contributed by atoms with Gasteiger partial charge in [-0.25, -0.2) is 9.65 Å². The van der Waals surface area contributed by atoms with Crippen LogP contribution in [-0.2, 0) is 30.2 Å². The van der Waals surface area contributed by atoms with Crippen LogP contribution in [0.15, 0.2) is 60.7 Å². The number of hydrogen-bond donors (Lipinski definition) is 2. The number of ether oxygens (including phenoxy) is 2. The number of nitrogens with two attached hydrogens (primary N) is 1. The minimum absolute atomic E-state index is 0.0000146. The number of carbonyl (C=O) groups excluding carboxylic acids is 2. The lowest BCUT2D eigenvalue weighted by Gasteiger charge is -2.18. The number of benzene rings is 2. The van der Waals surface area contributed by atoms with Gasteiger partial charge in [-0.3, -0.25) is 9.59 Å². The van der Waals surface area contributed by atoms with Crippen LogP contribution in [-0.4, -0.2) is 30.6 Å². The molecule has 0 saturated heterocycles. The molecule has 8 nitrogen and oxygen atoms in total. The van der Waals surface area contributed by atoms with Gasteiger partial charge in [-0.05, 0) is 31.0 Å². The van der Waals surface area contributed by atoms with Crippen molar-refractivity contribution >= 4 is 30.1 Å². The monoisotopic (exact) mass is 468 g/mol. The van der Waals surface area contributed by atoms with Crippen LogP contribution in [0.4, 0.5) is 0 Å². The summed E-state index contributed by atoms with van der Waals surface area (Å²) in [5.41, 5.74) is 6.78. The molecule has 0 aromatic heterocycles. The lowest BCUT2D eigenvalue weighted by molar-refractivity contribution is -0.146. The largest absolute Gasteiger partial charge is 0.464 e. The molecule has 0 fully saturated rings. The van der Waals surface area contributed by atoms with Gasteiger partial charge in [-0.15, -0.1) is 0 Å². The third kappa shape index (κ3) is 9.98. The first kappa shape index (κ1) is 24.9. The molecule has 31 heavy (non-hydrogen) atoms. The summed E-state index contributed by atoms with van der Waals surface area (Å²) in [6.45, 7) is -2.18. The maximum atomic E-state index is 12.3. The van der Waals surface area contributed by atoms with Crippen molar-refractivity contribution in [3.63, 3.8) is 0 Å². The molecule has 0 amide bonds. The molecule has 0 aliphatic rings. The summed E-state index contributed by atoms with van der Waals surface area (Å²) in [6, 6.07) is 16.1. The summed E-state index contributed by atoms with van der Waals surface area (Å²) in [6.07, 6.45) is 0.262. The SMILES string of the molecule is C[C@H](NP(=O)(Cl)Oc1ccccc1)C(=O)OCCC(N)CC(=O)OCc1ccccc1. The van der Waals surface area contributed by atoms with Gasteiger partial charge < -0.3 is 19.7 Å². The number of esters is 2. The fourth-order valence-corrected chi connectivity index (χ4v) is 4.17. The molecular formula is C21H26ClN2O6P. The Morgan fingerprint density at radius 1 is 1.06 bits per heavy atom. The zero-order valence-corrected chi connectivity index (χ0v) is 18.8. The molecule has 3 atom stereocenters. The van der Waals surface area contributed by atoms with Gasteiger partial charge in [0.05, 0.1) is 13.0 Å². The van der Waals surface area contributed by atoms with E-state index in [4.69, 9.17) is 31.0 Å².